The molecule has 2 aromatic carbocycles. The molecule has 3 amide bonds. The average Bonchev–Trinajstić information content (AvgIpc) is 3.37. The van der Waals surface area contributed by atoms with Gasteiger partial charge in [-0.1, -0.05) is 29.0 Å². The minimum atomic E-state index is -0.550. The minimum Gasteiger partial charge on any atom is -0.493 e. The molecule has 13 heteroatoms. The van der Waals surface area contributed by atoms with Crippen molar-refractivity contribution in [3.05, 3.63) is 51.5 Å². The molecule has 0 unspecified atom stereocenters. The highest BCUT2D eigenvalue weighted by molar-refractivity contribution is 7.15. The zero-order valence-corrected chi connectivity index (χ0v) is 26.1. The maximum Gasteiger partial charge on any atom is 0.410 e. The Kier molecular flexibility index (Phi) is 10.00. The van der Waals surface area contributed by atoms with Crippen molar-refractivity contribution in [2.75, 3.05) is 37.9 Å². The van der Waals surface area contributed by atoms with E-state index in [1.807, 2.05) is 45.9 Å². The van der Waals surface area contributed by atoms with Crippen molar-refractivity contribution in [1.82, 2.24) is 15.1 Å². The maximum absolute atomic E-state index is 12.9. The van der Waals surface area contributed by atoms with Crippen LogP contribution in [0.5, 0.6) is 17.2 Å². The van der Waals surface area contributed by atoms with Gasteiger partial charge in [-0.05, 0) is 57.0 Å². The average molecular weight is 618 g/mol. The first-order chi connectivity index (χ1) is 19.9. The molecular weight excluding hydrogens is 582 g/mol. The van der Waals surface area contributed by atoms with Gasteiger partial charge in [0.25, 0.3) is 0 Å². The van der Waals surface area contributed by atoms with Gasteiger partial charge in [-0.25, -0.2) is 9.59 Å². The number of benzene rings is 2. The van der Waals surface area contributed by atoms with Crippen molar-refractivity contribution in [3.8, 4) is 17.2 Å². The summed E-state index contributed by atoms with van der Waals surface area (Å²) in [5.41, 5.74) is 1.67. The van der Waals surface area contributed by atoms with Crippen LogP contribution in [-0.2, 0) is 11.2 Å². The predicted octanol–water partition coefficient (Wildman–Crippen LogP) is 6.53. The Morgan fingerprint density at radius 2 is 1.74 bits per heavy atom. The molecule has 3 aromatic rings. The van der Waals surface area contributed by atoms with Crippen LogP contribution in [0.2, 0.25) is 5.02 Å². The van der Waals surface area contributed by atoms with E-state index in [1.54, 1.807) is 31.3 Å². The van der Waals surface area contributed by atoms with Gasteiger partial charge in [-0.15, -0.1) is 10.2 Å². The lowest BCUT2D eigenvalue weighted by atomic mass is 10.1. The Morgan fingerprint density at radius 3 is 2.40 bits per heavy atom. The third kappa shape index (κ3) is 8.39. The summed E-state index contributed by atoms with van der Waals surface area (Å²) < 4.78 is 22.4. The highest BCUT2D eigenvalue weighted by Crippen LogP contribution is 2.34. The van der Waals surface area contributed by atoms with Crippen molar-refractivity contribution in [1.29, 1.82) is 0 Å². The number of nitrogens with zero attached hydrogens (tertiary/aromatic N) is 3. The number of amides is 3. The van der Waals surface area contributed by atoms with Crippen LogP contribution in [0.25, 0.3) is 0 Å². The molecule has 11 nitrogen and oxygen atoms in total. The topological polar surface area (TPSA) is 124 Å². The quantitative estimate of drug-likeness (QED) is 0.292. The van der Waals surface area contributed by atoms with Crippen molar-refractivity contribution < 1.29 is 28.5 Å². The van der Waals surface area contributed by atoms with Gasteiger partial charge in [0.05, 0.1) is 19.9 Å². The van der Waals surface area contributed by atoms with E-state index in [0.717, 1.165) is 16.1 Å². The number of anilines is 2. The highest BCUT2D eigenvalue weighted by Gasteiger charge is 2.28. The molecule has 1 aliphatic rings. The Labute approximate surface area is 254 Å². The molecule has 1 aliphatic heterocycles. The Morgan fingerprint density at radius 1 is 1.02 bits per heavy atom. The normalized spacial score (nSPS) is 13.8. The fraction of sp³-hybridized carbons (Fsp3) is 0.448. The van der Waals surface area contributed by atoms with Gasteiger partial charge in [0, 0.05) is 43.4 Å². The minimum absolute atomic E-state index is 0.159. The summed E-state index contributed by atoms with van der Waals surface area (Å²) in [4.78, 5) is 27.0. The largest absolute Gasteiger partial charge is 0.493 e. The number of methoxy groups -OCH3 is 2. The SMILES string of the molecule is COc1ccc(Cc2nnc(NC(=O)Nc3cc(C)c(Cl)cc3OC3CCN(C(=O)OC(C)(C)C)CC3)s2)cc1OC. The second kappa shape index (κ2) is 13.5. The highest BCUT2D eigenvalue weighted by atomic mass is 35.5. The maximum atomic E-state index is 12.9. The van der Waals surface area contributed by atoms with Crippen LogP contribution in [0.15, 0.2) is 30.3 Å². The second-order valence-electron chi connectivity index (χ2n) is 10.8. The van der Waals surface area contributed by atoms with Gasteiger partial charge in [0.15, 0.2) is 11.5 Å². The van der Waals surface area contributed by atoms with Gasteiger partial charge < -0.3 is 29.2 Å². The molecule has 1 saturated heterocycles. The standard InChI is InChI=1S/C29H36ClN5O6S/c1-17-13-21(23(16-20(17)30)40-19-9-11-35(12-10-19)28(37)41-29(2,3)4)31-26(36)32-27-34-33-25(42-27)15-18-7-8-22(38-5)24(14-18)39-6/h7-8,13-14,16,19H,9-12,15H2,1-6H3,(H2,31,32,34,36). The summed E-state index contributed by atoms with van der Waals surface area (Å²) in [6.07, 6.45) is 1.26. The summed E-state index contributed by atoms with van der Waals surface area (Å²) >= 11 is 7.67. The molecule has 0 spiro atoms. The van der Waals surface area contributed by atoms with Gasteiger partial charge >= 0.3 is 12.1 Å². The number of carbonyl (C=O) groups is 2. The fourth-order valence-corrected chi connectivity index (χ4v) is 5.23. The van der Waals surface area contributed by atoms with E-state index in [-0.39, 0.29) is 12.2 Å². The van der Waals surface area contributed by atoms with E-state index in [4.69, 9.17) is 30.5 Å². The summed E-state index contributed by atoms with van der Waals surface area (Å²) in [6.45, 7) is 8.39. The monoisotopic (exact) mass is 617 g/mol. The smallest absolute Gasteiger partial charge is 0.410 e. The molecule has 2 N–H and O–H groups in total. The Balaban J connectivity index is 1.36. The van der Waals surface area contributed by atoms with Crippen molar-refractivity contribution in [2.24, 2.45) is 0 Å². The number of likely N-dealkylation sites (tertiary alicyclic amines) is 1. The van der Waals surface area contributed by atoms with E-state index in [2.05, 4.69) is 20.8 Å². The van der Waals surface area contributed by atoms with Crippen LogP contribution < -0.4 is 24.8 Å². The molecule has 1 fully saturated rings. The van der Waals surface area contributed by atoms with E-state index < -0.39 is 11.6 Å². The van der Waals surface area contributed by atoms with Crippen LogP contribution in [0.3, 0.4) is 0 Å². The predicted molar refractivity (Wildman–Crippen MR) is 163 cm³/mol. The van der Waals surface area contributed by atoms with E-state index in [0.29, 0.717) is 65.4 Å². The Hall–Kier alpha value is -3.77. The molecular formula is C29H36ClN5O6S. The first-order valence-electron chi connectivity index (χ1n) is 13.5. The Bertz CT molecular complexity index is 1420. The first-order valence-corrected chi connectivity index (χ1v) is 14.7. The van der Waals surface area contributed by atoms with Crippen molar-refractivity contribution in [2.45, 2.75) is 58.7 Å². The second-order valence-corrected chi connectivity index (χ2v) is 12.3. The van der Waals surface area contributed by atoms with Crippen LogP contribution in [0.4, 0.5) is 20.4 Å². The van der Waals surface area contributed by atoms with Crippen LogP contribution in [0.1, 0.15) is 49.7 Å². The third-order valence-electron chi connectivity index (χ3n) is 6.39. The number of aromatic nitrogens is 2. The lowest BCUT2D eigenvalue weighted by molar-refractivity contribution is 0.0127. The molecule has 0 aliphatic carbocycles. The molecule has 4 rings (SSSR count). The molecule has 0 radical (unpaired) electrons. The summed E-state index contributed by atoms with van der Waals surface area (Å²) in [6, 6.07) is 8.60. The van der Waals surface area contributed by atoms with Crippen molar-refractivity contribution >= 4 is 45.9 Å². The van der Waals surface area contributed by atoms with Crippen LogP contribution in [0, 0.1) is 6.92 Å². The van der Waals surface area contributed by atoms with Gasteiger partial charge in [-0.3, -0.25) is 5.32 Å². The molecule has 0 bridgehead atoms. The molecule has 0 atom stereocenters. The fourth-order valence-electron chi connectivity index (χ4n) is 4.31. The zero-order valence-electron chi connectivity index (χ0n) is 24.6. The van der Waals surface area contributed by atoms with Crippen molar-refractivity contribution in [3.63, 3.8) is 0 Å². The molecule has 42 heavy (non-hydrogen) atoms. The van der Waals surface area contributed by atoms with E-state index in [1.165, 1.54) is 11.3 Å². The third-order valence-corrected chi connectivity index (χ3v) is 7.63. The number of halogens is 1. The first kappa shape index (κ1) is 31.2. The number of hydrogen-bond donors (Lipinski definition) is 2. The number of rotatable bonds is 8. The number of nitrogens with one attached hydrogen (secondary N) is 2. The molecule has 226 valence electrons. The van der Waals surface area contributed by atoms with Crippen LogP contribution in [-0.4, -0.2) is 66.2 Å². The molecule has 0 saturated carbocycles. The van der Waals surface area contributed by atoms with E-state index in [9.17, 15) is 9.59 Å². The molecule has 2 heterocycles. The number of carbonyl (C=O) groups excluding carboxylic acids is 2. The number of hydrogen-bond acceptors (Lipinski definition) is 9. The number of piperidine rings is 1. The zero-order chi connectivity index (χ0) is 30.4. The van der Waals surface area contributed by atoms with Gasteiger partial charge in [0.2, 0.25) is 5.13 Å². The summed E-state index contributed by atoms with van der Waals surface area (Å²) in [7, 11) is 3.17. The van der Waals surface area contributed by atoms with E-state index >= 15 is 0 Å². The lowest BCUT2D eigenvalue weighted by Gasteiger charge is -2.33. The number of urea groups is 1. The van der Waals surface area contributed by atoms with Gasteiger partial charge in [-0.2, -0.15) is 0 Å². The lowest BCUT2D eigenvalue weighted by Crippen LogP contribution is -2.44. The number of ether oxygens (including phenoxy) is 4. The van der Waals surface area contributed by atoms with Gasteiger partial charge in [0.1, 0.15) is 22.5 Å². The summed E-state index contributed by atoms with van der Waals surface area (Å²) in [5.74, 6) is 1.72. The van der Waals surface area contributed by atoms with Crippen LogP contribution >= 0.6 is 22.9 Å². The molecule has 1 aromatic heterocycles. The summed E-state index contributed by atoms with van der Waals surface area (Å²) in [5, 5.41) is 15.5. The number of aryl methyl sites for hydroxylation is 1.